The highest BCUT2D eigenvalue weighted by atomic mass is 16.6. The van der Waals surface area contributed by atoms with Crippen molar-refractivity contribution in [3.05, 3.63) is 58.4 Å². The Morgan fingerprint density at radius 1 is 1.18 bits per heavy atom. The zero-order chi connectivity index (χ0) is 19.8. The van der Waals surface area contributed by atoms with Crippen molar-refractivity contribution in [1.29, 1.82) is 0 Å². The smallest absolute Gasteiger partial charge is 0.183 e. The molecule has 0 saturated heterocycles. The summed E-state index contributed by atoms with van der Waals surface area (Å²) in [6, 6.07) is 10.2. The molecule has 1 unspecified atom stereocenters. The fraction of sp³-hybridized carbons (Fsp3) is 0.522. The molecule has 5 nitrogen and oxygen atoms in total. The van der Waals surface area contributed by atoms with Crippen molar-refractivity contribution in [3.63, 3.8) is 0 Å². The lowest BCUT2D eigenvalue weighted by Gasteiger charge is -2.16. The van der Waals surface area contributed by atoms with Crippen molar-refractivity contribution < 1.29 is 14.6 Å². The molecule has 5 heteroatoms. The van der Waals surface area contributed by atoms with Crippen LogP contribution in [0.3, 0.4) is 0 Å². The van der Waals surface area contributed by atoms with E-state index in [-0.39, 0.29) is 0 Å². The third-order valence-electron chi connectivity index (χ3n) is 5.09. The number of fused-ring (bicyclic) bond motifs is 1. The van der Waals surface area contributed by atoms with Crippen LogP contribution in [0.2, 0.25) is 0 Å². The highest BCUT2D eigenvalue weighted by Crippen LogP contribution is 2.39. The summed E-state index contributed by atoms with van der Waals surface area (Å²) in [6.07, 6.45) is 4.28. The molecule has 28 heavy (non-hydrogen) atoms. The molecule has 0 spiro atoms. The van der Waals surface area contributed by atoms with Crippen LogP contribution in [-0.4, -0.2) is 29.8 Å². The van der Waals surface area contributed by atoms with Gasteiger partial charge in [-0.3, -0.25) is 4.98 Å². The maximum Gasteiger partial charge on any atom is 0.183 e. The number of aliphatic hydroxyl groups is 1. The molecule has 1 aliphatic rings. The van der Waals surface area contributed by atoms with Gasteiger partial charge in [0.15, 0.2) is 6.29 Å². The Morgan fingerprint density at radius 3 is 2.75 bits per heavy atom. The third-order valence-corrected chi connectivity index (χ3v) is 5.09. The number of aromatic nitrogens is 1. The zero-order valence-electron chi connectivity index (χ0n) is 17.0. The molecule has 152 valence electrons. The Labute approximate surface area is 168 Å². The van der Waals surface area contributed by atoms with E-state index in [9.17, 15) is 5.11 Å². The van der Waals surface area contributed by atoms with Crippen molar-refractivity contribution in [2.24, 2.45) is 0 Å². The van der Waals surface area contributed by atoms with Crippen LogP contribution in [0.4, 0.5) is 0 Å². The van der Waals surface area contributed by atoms with Crippen LogP contribution in [0.1, 0.15) is 67.0 Å². The van der Waals surface area contributed by atoms with E-state index in [0.717, 1.165) is 54.2 Å². The first kappa shape index (κ1) is 20.8. The van der Waals surface area contributed by atoms with Gasteiger partial charge in [-0.25, -0.2) is 0 Å². The Kier molecular flexibility index (Phi) is 7.83. The van der Waals surface area contributed by atoms with E-state index >= 15 is 0 Å². The number of rotatable bonds is 11. The van der Waals surface area contributed by atoms with Crippen molar-refractivity contribution in [2.45, 2.75) is 58.8 Å². The summed E-state index contributed by atoms with van der Waals surface area (Å²) in [7, 11) is 0. The Morgan fingerprint density at radius 2 is 1.96 bits per heavy atom. The van der Waals surface area contributed by atoms with Crippen molar-refractivity contribution in [3.8, 4) is 5.75 Å². The van der Waals surface area contributed by atoms with Crippen LogP contribution in [0, 0.1) is 6.92 Å². The molecule has 1 atom stereocenters. The Balaban J connectivity index is 1.63. The second kappa shape index (κ2) is 10.6. The van der Waals surface area contributed by atoms with Gasteiger partial charge in [-0.05, 0) is 44.8 Å². The standard InChI is InChI=1S/C23H32N2O3/c1-3-4-12-24-13-8-9-14-27-22-17(2)25-20(15-18-10-6-5-7-11-18)21-19(22)16-28-23(21)26/h5-7,10-11,23-24,26H,3-4,8-9,12-16H2,1-2H3. The van der Waals surface area contributed by atoms with Crippen molar-refractivity contribution in [1.82, 2.24) is 10.3 Å². The number of hydrogen-bond donors (Lipinski definition) is 2. The maximum absolute atomic E-state index is 10.3. The number of unbranched alkanes of at least 4 members (excludes halogenated alkanes) is 2. The van der Waals surface area contributed by atoms with Crippen LogP contribution >= 0.6 is 0 Å². The fourth-order valence-corrected chi connectivity index (χ4v) is 3.58. The molecule has 0 fully saturated rings. The summed E-state index contributed by atoms with van der Waals surface area (Å²) in [5, 5.41) is 13.8. The molecule has 1 aromatic heterocycles. The van der Waals surface area contributed by atoms with Gasteiger partial charge in [0.2, 0.25) is 0 Å². The highest BCUT2D eigenvalue weighted by molar-refractivity contribution is 5.48. The van der Waals surface area contributed by atoms with Gasteiger partial charge in [-0.1, -0.05) is 43.7 Å². The number of hydrogen-bond acceptors (Lipinski definition) is 5. The molecule has 2 heterocycles. The highest BCUT2D eigenvalue weighted by Gasteiger charge is 2.30. The van der Waals surface area contributed by atoms with Gasteiger partial charge in [0.25, 0.3) is 0 Å². The van der Waals surface area contributed by atoms with Gasteiger partial charge in [-0.15, -0.1) is 0 Å². The van der Waals surface area contributed by atoms with Crippen molar-refractivity contribution >= 4 is 0 Å². The first-order valence-corrected chi connectivity index (χ1v) is 10.4. The predicted molar refractivity (Wildman–Crippen MR) is 110 cm³/mol. The molecule has 1 aromatic carbocycles. The number of ether oxygens (including phenoxy) is 2. The number of nitrogens with zero attached hydrogens (tertiary/aromatic N) is 1. The summed E-state index contributed by atoms with van der Waals surface area (Å²) in [6.45, 7) is 7.31. The lowest BCUT2D eigenvalue weighted by atomic mass is 10.0. The average Bonchev–Trinajstić information content (AvgIpc) is 3.08. The predicted octanol–water partition coefficient (Wildman–Crippen LogP) is 4.05. The van der Waals surface area contributed by atoms with E-state index in [1.165, 1.54) is 18.4 Å². The van der Waals surface area contributed by atoms with Gasteiger partial charge in [-0.2, -0.15) is 0 Å². The monoisotopic (exact) mass is 384 g/mol. The maximum atomic E-state index is 10.3. The number of benzene rings is 1. The van der Waals surface area contributed by atoms with Gasteiger partial charge in [0.05, 0.1) is 24.6 Å². The largest absolute Gasteiger partial charge is 0.491 e. The van der Waals surface area contributed by atoms with Crippen LogP contribution in [-0.2, 0) is 17.8 Å². The summed E-state index contributed by atoms with van der Waals surface area (Å²) < 4.78 is 11.6. The summed E-state index contributed by atoms with van der Waals surface area (Å²) >= 11 is 0. The lowest BCUT2D eigenvalue weighted by Crippen LogP contribution is -2.17. The molecule has 0 aliphatic carbocycles. The molecule has 0 radical (unpaired) electrons. The molecule has 3 rings (SSSR count). The summed E-state index contributed by atoms with van der Waals surface area (Å²) in [5.74, 6) is 0.780. The second-order valence-electron chi connectivity index (χ2n) is 7.35. The second-order valence-corrected chi connectivity index (χ2v) is 7.35. The first-order valence-electron chi connectivity index (χ1n) is 10.4. The van der Waals surface area contributed by atoms with Gasteiger partial charge in [0.1, 0.15) is 5.75 Å². The molecular formula is C23H32N2O3. The van der Waals surface area contributed by atoms with E-state index in [1.807, 2.05) is 25.1 Å². The average molecular weight is 385 g/mol. The summed E-state index contributed by atoms with van der Waals surface area (Å²) in [4.78, 5) is 4.76. The van der Waals surface area contributed by atoms with Crippen LogP contribution in [0.15, 0.2) is 30.3 Å². The van der Waals surface area contributed by atoms with E-state index < -0.39 is 6.29 Å². The first-order chi connectivity index (χ1) is 13.7. The number of pyridine rings is 1. The van der Waals surface area contributed by atoms with E-state index in [0.29, 0.717) is 19.6 Å². The molecular weight excluding hydrogens is 352 g/mol. The molecule has 0 amide bonds. The third kappa shape index (κ3) is 5.31. The molecule has 0 bridgehead atoms. The van der Waals surface area contributed by atoms with Gasteiger partial charge in [0, 0.05) is 17.5 Å². The van der Waals surface area contributed by atoms with Crippen molar-refractivity contribution in [2.75, 3.05) is 19.7 Å². The minimum Gasteiger partial charge on any atom is -0.491 e. The summed E-state index contributed by atoms with van der Waals surface area (Å²) in [5.41, 5.74) is 4.64. The topological polar surface area (TPSA) is 63.6 Å². The Hall–Kier alpha value is -1.95. The number of aliphatic hydroxyl groups excluding tert-OH is 1. The minimum absolute atomic E-state index is 0.371. The molecule has 1 aliphatic heterocycles. The number of aryl methyl sites for hydroxylation is 1. The minimum atomic E-state index is -0.924. The van der Waals surface area contributed by atoms with E-state index in [1.54, 1.807) is 0 Å². The van der Waals surface area contributed by atoms with Crippen LogP contribution in [0.25, 0.3) is 0 Å². The van der Waals surface area contributed by atoms with Crippen LogP contribution in [0.5, 0.6) is 5.75 Å². The normalized spacial score (nSPS) is 15.6. The van der Waals surface area contributed by atoms with E-state index in [4.69, 9.17) is 14.5 Å². The Bertz CT molecular complexity index is 749. The zero-order valence-corrected chi connectivity index (χ0v) is 17.0. The molecule has 2 aromatic rings. The fourth-order valence-electron chi connectivity index (χ4n) is 3.58. The van der Waals surface area contributed by atoms with Gasteiger partial charge < -0.3 is 19.9 Å². The lowest BCUT2D eigenvalue weighted by molar-refractivity contribution is -0.0923. The molecule has 2 N–H and O–H groups in total. The van der Waals surface area contributed by atoms with E-state index in [2.05, 4.69) is 24.4 Å². The quantitative estimate of drug-likeness (QED) is 0.572. The van der Waals surface area contributed by atoms with Gasteiger partial charge >= 0.3 is 0 Å². The molecule has 0 saturated carbocycles. The van der Waals surface area contributed by atoms with Crippen LogP contribution < -0.4 is 10.1 Å². The SMILES string of the molecule is CCCCNCCCCOc1c(C)nc(Cc2ccccc2)c2c1COC2O. The number of nitrogens with one attached hydrogen (secondary N) is 1.